The molecule has 0 amide bonds. The van der Waals surface area contributed by atoms with Gasteiger partial charge in [0.25, 0.3) is 5.96 Å². The SMILES string of the molecule is COC1(c2ccccc2)C=CC2=NC(N=C(N)N)=NC2=C1. The first kappa shape index (κ1) is 13.3. The monoisotopic (exact) mass is 281 g/mol. The van der Waals surface area contributed by atoms with Crippen LogP contribution in [0.2, 0.25) is 0 Å². The van der Waals surface area contributed by atoms with Crippen LogP contribution >= 0.6 is 0 Å². The van der Waals surface area contributed by atoms with Crippen molar-refractivity contribution >= 4 is 17.6 Å². The van der Waals surface area contributed by atoms with Crippen molar-refractivity contribution in [3.63, 3.8) is 0 Å². The highest BCUT2D eigenvalue weighted by Gasteiger charge is 2.32. The topological polar surface area (TPSA) is 98.3 Å². The molecule has 4 N–H and O–H groups in total. The van der Waals surface area contributed by atoms with Crippen molar-refractivity contribution < 1.29 is 4.74 Å². The molecule has 1 unspecified atom stereocenters. The van der Waals surface area contributed by atoms with E-state index in [1.165, 1.54) is 0 Å². The lowest BCUT2D eigenvalue weighted by molar-refractivity contribution is 0.0716. The van der Waals surface area contributed by atoms with Crippen LogP contribution in [0.1, 0.15) is 5.56 Å². The average Bonchev–Trinajstić information content (AvgIpc) is 2.88. The van der Waals surface area contributed by atoms with Gasteiger partial charge < -0.3 is 16.2 Å². The molecule has 1 atom stereocenters. The summed E-state index contributed by atoms with van der Waals surface area (Å²) < 4.78 is 5.72. The number of guanidine groups is 2. The second-order valence-corrected chi connectivity index (χ2v) is 4.67. The van der Waals surface area contributed by atoms with Crippen LogP contribution in [-0.2, 0) is 10.3 Å². The van der Waals surface area contributed by atoms with Crippen LogP contribution in [0.25, 0.3) is 0 Å². The number of nitrogens with two attached hydrogens (primary N) is 2. The summed E-state index contributed by atoms with van der Waals surface area (Å²) in [5.74, 6) is 0.184. The van der Waals surface area contributed by atoms with Crippen molar-refractivity contribution in [1.29, 1.82) is 0 Å². The Labute approximate surface area is 122 Å². The number of methoxy groups -OCH3 is 1. The smallest absolute Gasteiger partial charge is 0.253 e. The fourth-order valence-corrected chi connectivity index (χ4v) is 2.33. The van der Waals surface area contributed by atoms with E-state index in [9.17, 15) is 0 Å². The summed E-state index contributed by atoms with van der Waals surface area (Å²) in [4.78, 5) is 12.4. The van der Waals surface area contributed by atoms with Crippen molar-refractivity contribution in [3.8, 4) is 0 Å². The van der Waals surface area contributed by atoms with Crippen molar-refractivity contribution in [1.82, 2.24) is 0 Å². The Morgan fingerprint density at radius 1 is 1.19 bits per heavy atom. The summed E-state index contributed by atoms with van der Waals surface area (Å²) in [5.41, 5.74) is 12.5. The third-order valence-electron chi connectivity index (χ3n) is 3.34. The van der Waals surface area contributed by atoms with Crippen LogP contribution in [0.15, 0.2) is 69.2 Å². The van der Waals surface area contributed by atoms with Crippen molar-refractivity contribution in [3.05, 3.63) is 59.8 Å². The summed E-state index contributed by atoms with van der Waals surface area (Å²) in [6, 6.07) is 9.90. The second-order valence-electron chi connectivity index (χ2n) is 4.67. The van der Waals surface area contributed by atoms with E-state index < -0.39 is 5.60 Å². The van der Waals surface area contributed by atoms with E-state index in [0.717, 1.165) is 11.3 Å². The quantitative estimate of drug-likeness (QED) is 0.626. The molecule has 0 spiro atoms. The van der Waals surface area contributed by atoms with Gasteiger partial charge in [-0.05, 0) is 23.8 Å². The second kappa shape index (κ2) is 4.99. The lowest BCUT2D eigenvalue weighted by Crippen LogP contribution is -2.27. The minimum atomic E-state index is -0.660. The molecule has 0 radical (unpaired) electrons. The maximum absolute atomic E-state index is 5.72. The van der Waals surface area contributed by atoms with Gasteiger partial charge in [-0.15, -0.1) is 0 Å². The number of rotatable bonds is 2. The predicted molar refractivity (Wildman–Crippen MR) is 83.0 cm³/mol. The van der Waals surface area contributed by atoms with E-state index >= 15 is 0 Å². The van der Waals surface area contributed by atoms with E-state index in [-0.39, 0.29) is 11.9 Å². The van der Waals surface area contributed by atoms with Gasteiger partial charge in [0.2, 0.25) is 0 Å². The lowest BCUT2D eigenvalue weighted by atomic mass is 9.88. The molecule has 1 heterocycles. The Bertz CT molecular complexity index is 711. The summed E-state index contributed by atoms with van der Waals surface area (Å²) >= 11 is 0. The van der Waals surface area contributed by atoms with Gasteiger partial charge in [0.05, 0.1) is 11.4 Å². The molecular formula is C15H15N5O. The van der Waals surface area contributed by atoms with Crippen LogP contribution in [0.5, 0.6) is 0 Å². The van der Waals surface area contributed by atoms with Gasteiger partial charge in [0.15, 0.2) is 5.96 Å². The number of allylic oxidation sites excluding steroid dienone is 1. The van der Waals surface area contributed by atoms with Gasteiger partial charge in [-0.1, -0.05) is 30.3 Å². The molecule has 0 bridgehead atoms. The summed E-state index contributed by atoms with van der Waals surface area (Å²) in [6.07, 6.45) is 5.72. The molecule has 21 heavy (non-hydrogen) atoms. The van der Waals surface area contributed by atoms with E-state index in [1.807, 2.05) is 48.6 Å². The van der Waals surface area contributed by atoms with Crippen LogP contribution < -0.4 is 11.5 Å². The number of aliphatic imine (C=N–C) groups is 3. The van der Waals surface area contributed by atoms with E-state index in [2.05, 4.69) is 15.0 Å². The molecule has 0 fully saturated rings. The normalized spacial score (nSPS) is 23.0. The molecule has 1 aliphatic heterocycles. The molecule has 0 saturated carbocycles. The van der Waals surface area contributed by atoms with E-state index in [4.69, 9.17) is 16.2 Å². The number of benzene rings is 1. The molecule has 1 aromatic rings. The number of nitrogens with zero attached hydrogens (tertiary/aromatic N) is 3. The third-order valence-corrected chi connectivity index (χ3v) is 3.34. The van der Waals surface area contributed by atoms with Gasteiger partial charge in [-0.3, -0.25) is 0 Å². The highest BCUT2D eigenvalue weighted by Crippen LogP contribution is 2.34. The van der Waals surface area contributed by atoms with Gasteiger partial charge in [0, 0.05) is 7.11 Å². The lowest BCUT2D eigenvalue weighted by Gasteiger charge is -2.29. The predicted octanol–water partition coefficient (Wildman–Crippen LogP) is 1.07. The highest BCUT2D eigenvalue weighted by atomic mass is 16.5. The van der Waals surface area contributed by atoms with Crippen LogP contribution in [0.4, 0.5) is 0 Å². The van der Waals surface area contributed by atoms with Crippen LogP contribution in [0.3, 0.4) is 0 Å². The van der Waals surface area contributed by atoms with Crippen molar-refractivity contribution in [2.24, 2.45) is 26.4 Å². The van der Waals surface area contributed by atoms with Crippen LogP contribution in [0, 0.1) is 0 Å². The first-order valence-corrected chi connectivity index (χ1v) is 6.43. The molecular weight excluding hydrogens is 266 g/mol. The fraction of sp³-hybridized carbons (Fsp3) is 0.133. The standard InChI is InChI=1S/C15H15N5O/c1-21-15(10-5-3-2-4-6-10)8-7-11-12(9-15)19-14(18-11)20-13(16)17/h2-9H,1H3,(H4,16,17,19,20). The maximum Gasteiger partial charge on any atom is 0.253 e. The zero-order valence-electron chi connectivity index (χ0n) is 11.5. The Balaban J connectivity index is 2.04. The fourth-order valence-electron chi connectivity index (χ4n) is 2.33. The Hall–Kier alpha value is -2.73. The molecule has 106 valence electrons. The molecule has 1 aromatic carbocycles. The van der Waals surface area contributed by atoms with Crippen molar-refractivity contribution in [2.45, 2.75) is 5.60 Å². The Morgan fingerprint density at radius 2 is 1.95 bits per heavy atom. The van der Waals surface area contributed by atoms with Crippen molar-refractivity contribution in [2.75, 3.05) is 7.11 Å². The highest BCUT2D eigenvalue weighted by molar-refractivity contribution is 6.19. The average molecular weight is 281 g/mol. The zero-order chi connectivity index (χ0) is 14.9. The summed E-state index contributed by atoms with van der Waals surface area (Å²) in [6.45, 7) is 0. The molecule has 0 aromatic heterocycles. The maximum atomic E-state index is 5.72. The first-order chi connectivity index (χ1) is 10.1. The molecule has 0 saturated heterocycles. The molecule has 6 nitrogen and oxygen atoms in total. The van der Waals surface area contributed by atoms with Gasteiger partial charge in [-0.25, -0.2) is 9.98 Å². The number of hydrogen-bond donors (Lipinski definition) is 2. The Kier molecular flexibility index (Phi) is 3.15. The largest absolute Gasteiger partial charge is 0.370 e. The van der Waals surface area contributed by atoms with E-state index in [1.54, 1.807) is 7.11 Å². The number of ether oxygens (including phenoxy) is 1. The van der Waals surface area contributed by atoms with E-state index in [0.29, 0.717) is 5.70 Å². The van der Waals surface area contributed by atoms with Crippen LogP contribution in [-0.4, -0.2) is 24.7 Å². The number of fused-ring (bicyclic) bond motifs is 1. The molecule has 3 rings (SSSR count). The zero-order valence-corrected chi connectivity index (χ0v) is 11.5. The Morgan fingerprint density at radius 3 is 2.62 bits per heavy atom. The van der Waals surface area contributed by atoms with Gasteiger partial charge >= 0.3 is 0 Å². The van der Waals surface area contributed by atoms with Gasteiger partial charge in [-0.2, -0.15) is 4.99 Å². The third kappa shape index (κ3) is 2.36. The molecule has 6 heteroatoms. The van der Waals surface area contributed by atoms with Gasteiger partial charge in [0.1, 0.15) is 5.60 Å². The summed E-state index contributed by atoms with van der Waals surface area (Å²) in [7, 11) is 1.66. The molecule has 1 aliphatic carbocycles. The minimum Gasteiger partial charge on any atom is -0.370 e. The first-order valence-electron chi connectivity index (χ1n) is 6.43. The minimum absolute atomic E-state index is 0.0672. The molecule has 2 aliphatic rings. The summed E-state index contributed by atoms with van der Waals surface area (Å²) in [5, 5.41) is 0. The number of hydrogen-bond acceptors (Lipinski definition) is 4.